The molecule has 0 aliphatic carbocycles. The van der Waals surface area contributed by atoms with Crippen molar-refractivity contribution in [2.45, 2.75) is 32.8 Å². The summed E-state index contributed by atoms with van der Waals surface area (Å²) in [7, 11) is 0. The number of ether oxygens (including phenoxy) is 1. The zero-order valence-corrected chi connectivity index (χ0v) is 14.8. The van der Waals surface area contributed by atoms with E-state index in [1.807, 2.05) is 4.90 Å². The van der Waals surface area contributed by atoms with E-state index in [1.165, 1.54) is 0 Å². The minimum Gasteiger partial charge on any atom is -0.376 e. The van der Waals surface area contributed by atoms with Crippen molar-refractivity contribution >= 4 is 17.6 Å². The first kappa shape index (κ1) is 17.6. The number of rotatable bonds is 4. The molecule has 1 unspecified atom stereocenters. The molecule has 2 amide bonds. The Morgan fingerprint density at radius 2 is 2.04 bits per heavy atom. The number of aryl methyl sites for hydroxylation is 1. The summed E-state index contributed by atoms with van der Waals surface area (Å²) >= 11 is 0. The van der Waals surface area contributed by atoms with Crippen molar-refractivity contribution < 1.29 is 14.3 Å². The second-order valence-corrected chi connectivity index (χ2v) is 6.50. The predicted octanol–water partition coefficient (Wildman–Crippen LogP) is 0.362. The highest BCUT2D eigenvalue weighted by molar-refractivity contribution is 5.93. The second-order valence-electron chi connectivity index (χ2n) is 6.50. The van der Waals surface area contributed by atoms with Crippen molar-refractivity contribution in [3.05, 3.63) is 17.6 Å². The zero-order valence-electron chi connectivity index (χ0n) is 14.8. The van der Waals surface area contributed by atoms with Crippen LogP contribution in [0.2, 0.25) is 0 Å². The molecule has 3 heterocycles. The third kappa shape index (κ3) is 4.45. The van der Waals surface area contributed by atoms with E-state index in [4.69, 9.17) is 4.74 Å². The van der Waals surface area contributed by atoms with E-state index in [-0.39, 0.29) is 17.9 Å². The Balaban J connectivity index is 1.63. The molecule has 25 heavy (non-hydrogen) atoms. The number of anilines is 1. The second kappa shape index (κ2) is 7.77. The molecular weight excluding hydrogens is 322 g/mol. The van der Waals surface area contributed by atoms with Crippen LogP contribution in [0.25, 0.3) is 0 Å². The Labute approximate surface area is 147 Å². The van der Waals surface area contributed by atoms with E-state index in [9.17, 15) is 9.59 Å². The number of carbonyl (C=O) groups is 2. The third-order valence-electron chi connectivity index (χ3n) is 4.62. The minimum atomic E-state index is -0.204. The Bertz CT molecular complexity index is 637. The van der Waals surface area contributed by atoms with Crippen LogP contribution in [0, 0.1) is 6.92 Å². The van der Waals surface area contributed by atoms with Gasteiger partial charge in [0.05, 0.1) is 6.10 Å². The van der Waals surface area contributed by atoms with Crippen molar-refractivity contribution in [3.8, 4) is 0 Å². The van der Waals surface area contributed by atoms with Crippen LogP contribution in [0.3, 0.4) is 0 Å². The lowest BCUT2D eigenvalue weighted by molar-refractivity contribution is -0.129. The van der Waals surface area contributed by atoms with Gasteiger partial charge in [0.1, 0.15) is 17.3 Å². The van der Waals surface area contributed by atoms with Gasteiger partial charge in [-0.1, -0.05) is 0 Å². The maximum absolute atomic E-state index is 12.4. The summed E-state index contributed by atoms with van der Waals surface area (Å²) < 4.78 is 5.52. The Morgan fingerprint density at radius 3 is 2.68 bits per heavy atom. The zero-order chi connectivity index (χ0) is 17.8. The normalized spacial score (nSPS) is 20.6. The SMILES string of the molecule is CC(=O)N1CCN(c2cc(C(=O)NCC3CCCO3)nc(C)n2)CC1. The lowest BCUT2D eigenvalue weighted by Gasteiger charge is -2.35. The number of piperazine rings is 1. The van der Waals surface area contributed by atoms with E-state index in [0.717, 1.165) is 25.3 Å². The first-order valence-corrected chi connectivity index (χ1v) is 8.79. The lowest BCUT2D eigenvalue weighted by atomic mass is 10.2. The largest absolute Gasteiger partial charge is 0.376 e. The minimum absolute atomic E-state index is 0.0905. The summed E-state index contributed by atoms with van der Waals surface area (Å²) in [5.41, 5.74) is 0.370. The fourth-order valence-corrected chi connectivity index (χ4v) is 3.18. The van der Waals surface area contributed by atoms with E-state index in [0.29, 0.717) is 44.2 Å². The molecule has 0 spiro atoms. The first-order valence-electron chi connectivity index (χ1n) is 8.79. The van der Waals surface area contributed by atoms with E-state index >= 15 is 0 Å². The van der Waals surface area contributed by atoms with Crippen molar-refractivity contribution in [1.29, 1.82) is 0 Å². The molecule has 1 N–H and O–H groups in total. The molecule has 0 aromatic carbocycles. The van der Waals surface area contributed by atoms with Crippen LogP contribution in [0.15, 0.2) is 6.07 Å². The summed E-state index contributed by atoms with van der Waals surface area (Å²) in [6.45, 7) is 7.38. The number of nitrogens with one attached hydrogen (secondary N) is 1. The lowest BCUT2D eigenvalue weighted by Crippen LogP contribution is -2.48. The number of aromatic nitrogens is 2. The molecule has 0 radical (unpaired) electrons. The van der Waals surface area contributed by atoms with Gasteiger partial charge >= 0.3 is 0 Å². The molecule has 8 heteroatoms. The van der Waals surface area contributed by atoms with Crippen molar-refractivity contribution in [3.63, 3.8) is 0 Å². The van der Waals surface area contributed by atoms with Crippen LogP contribution < -0.4 is 10.2 Å². The summed E-state index contributed by atoms with van der Waals surface area (Å²) in [6.07, 6.45) is 2.13. The molecule has 1 aromatic rings. The Hall–Kier alpha value is -2.22. The molecule has 0 saturated carbocycles. The van der Waals surface area contributed by atoms with Gasteiger partial charge in [-0.05, 0) is 19.8 Å². The third-order valence-corrected chi connectivity index (χ3v) is 4.62. The first-order chi connectivity index (χ1) is 12.0. The van der Waals surface area contributed by atoms with Crippen LogP contribution in [-0.4, -0.2) is 72.1 Å². The number of amides is 2. The van der Waals surface area contributed by atoms with Gasteiger partial charge in [-0.25, -0.2) is 9.97 Å². The van der Waals surface area contributed by atoms with Crippen LogP contribution >= 0.6 is 0 Å². The fraction of sp³-hybridized carbons (Fsp3) is 0.647. The number of carbonyl (C=O) groups excluding carboxylic acids is 2. The van der Waals surface area contributed by atoms with Crippen molar-refractivity contribution in [1.82, 2.24) is 20.2 Å². The van der Waals surface area contributed by atoms with Gasteiger partial charge in [0.25, 0.3) is 5.91 Å². The summed E-state index contributed by atoms with van der Waals surface area (Å²) in [6, 6.07) is 1.72. The molecule has 2 fully saturated rings. The Morgan fingerprint density at radius 1 is 1.28 bits per heavy atom. The summed E-state index contributed by atoms with van der Waals surface area (Å²) in [4.78, 5) is 36.5. The van der Waals surface area contributed by atoms with Crippen LogP contribution in [0.1, 0.15) is 36.1 Å². The molecule has 2 aliphatic heterocycles. The van der Waals surface area contributed by atoms with Gasteiger partial charge in [0.2, 0.25) is 5.91 Å². The smallest absolute Gasteiger partial charge is 0.270 e. The molecule has 0 bridgehead atoms. The van der Waals surface area contributed by atoms with E-state index < -0.39 is 0 Å². The highest BCUT2D eigenvalue weighted by Crippen LogP contribution is 2.16. The van der Waals surface area contributed by atoms with Crippen LogP contribution in [0.5, 0.6) is 0 Å². The van der Waals surface area contributed by atoms with Crippen molar-refractivity contribution in [2.24, 2.45) is 0 Å². The van der Waals surface area contributed by atoms with Crippen molar-refractivity contribution in [2.75, 3.05) is 44.2 Å². The monoisotopic (exact) mass is 347 g/mol. The van der Waals surface area contributed by atoms with E-state index in [2.05, 4.69) is 20.2 Å². The molecule has 136 valence electrons. The highest BCUT2D eigenvalue weighted by Gasteiger charge is 2.22. The molecule has 2 aliphatic rings. The fourth-order valence-electron chi connectivity index (χ4n) is 3.18. The number of nitrogens with zero attached hydrogens (tertiary/aromatic N) is 4. The van der Waals surface area contributed by atoms with Gasteiger partial charge in [-0.15, -0.1) is 0 Å². The average Bonchev–Trinajstić information content (AvgIpc) is 3.12. The summed E-state index contributed by atoms with van der Waals surface area (Å²) in [5.74, 6) is 1.18. The van der Waals surface area contributed by atoms with Crippen LogP contribution in [-0.2, 0) is 9.53 Å². The predicted molar refractivity (Wildman–Crippen MR) is 92.5 cm³/mol. The molecule has 2 saturated heterocycles. The van der Waals surface area contributed by atoms with Crippen LogP contribution in [0.4, 0.5) is 5.82 Å². The molecule has 1 atom stereocenters. The average molecular weight is 347 g/mol. The number of hydrogen-bond acceptors (Lipinski definition) is 6. The molecule has 3 rings (SSSR count). The van der Waals surface area contributed by atoms with Gasteiger partial charge in [-0.3, -0.25) is 9.59 Å². The summed E-state index contributed by atoms with van der Waals surface area (Å²) in [5, 5.41) is 2.89. The van der Waals surface area contributed by atoms with Gasteiger partial charge in [0.15, 0.2) is 0 Å². The quantitative estimate of drug-likeness (QED) is 0.846. The highest BCUT2D eigenvalue weighted by atomic mass is 16.5. The van der Waals surface area contributed by atoms with Gasteiger partial charge in [0, 0.05) is 52.3 Å². The van der Waals surface area contributed by atoms with Gasteiger partial charge < -0.3 is 19.9 Å². The maximum Gasteiger partial charge on any atom is 0.270 e. The van der Waals surface area contributed by atoms with Gasteiger partial charge in [-0.2, -0.15) is 0 Å². The molecular formula is C17H25N5O3. The molecule has 8 nitrogen and oxygen atoms in total. The maximum atomic E-state index is 12.4. The standard InChI is InChI=1S/C17H25N5O3/c1-12-19-15(17(24)18-11-14-4-3-9-25-14)10-16(20-12)22-7-5-21(6-8-22)13(2)23/h10,14H,3-9,11H2,1-2H3,(H,18,24). The topological polar surface area (TPSA) is 87.7 Å². The van der Waals surface area contributed by atoms with E-state index in [1.54, 1.807) is 19.9 Å². The Kier molecular flexibility index (Phi) is 5.47. The molecule has 1 aromatic heterocycles. The number of hydrogen-bond donors (Lipinski definition) is 1.